The maximum Gasteiger partial charge on any atom is 0.254 e. The highest BCUT2D eigenvalue weighted by molar-refractivity contribution is 7.90. The largest absolute Gasteiger partial charge is 0.331 e. The molecular formula is C18H18FNO3S. The van der Waals surface area contributed by atoms with Crippen molar-refractivity contribution in [1.82, 2.24) is 4.90 Å². The Labute approximate surface area is 140 Å². The monoisotopic (exact) mass is 347 g/mol. The van der Waals surface area contributed by atoms with E-state index in [0.717, 1.165) is 24.7 Å². The van der Waals surface area contributed by atoms with Gasteiger partial charge < -0.3 is 4.90 Å². The number of hydrogen-bond donors (Lipinski definition) is 0. The van der Waals surface area contributed by atoms with Crippen molar-refractivity contribution in [2.24, 2.45) is 0 Å². The van der Waals surface area contributed by atoms with Gasteiger partial charge in [-0.05, 0) is 48.7 Å². The second kappa shape index (κ2) is 6.36. The van der Waals surface area contributed by atoms with Gasteiger partial charge in [0, 0.05) is 24.4 Å². The molecule has 0 N–H and O–H groups in total. The Hall–Kier alpha value is -2.21. The van der Waals surface area contributed by atoms with Crippen LogP contribution in [0.4, 0.5) is 4.39 Å². The fourth-order valence-corrected chi connectivity index (χ4v) is 3.23. The number of carbonyl (C=O) groups excluding carboxylic acids is 1. The molecule has 0 aliphatic heterocycles. The fraction of sp³-hybridized carbons (Fsp3) is 0.278. The zero-order valence-electron chi connectivity index (χ0n) is 13.3. The first-order valence-electron chi connectivity index (χ1n) is 7.70. The Balaban J connectivity index is 1.86. The highest BCUT2D eigenvalue weighted by Gasteiger charge is 2.33. The van der Waals surface area contributed by atoms with Crippen LogP contribution in [0.25, 0.3) is 0 Å². The van der Waals surface area contributed by atoms with Gasteiger partial charge >= 0.3 is 0 Å². The van der Waals surface area contributed by atoms with Crippen LogP contribution in [0.1, 0.15) is 28.8 Å². The summed E-state index contributed by atoms with van der Waals surface area (Å²) in [6.45, 7) is 0.382. The van der Waals surface area contributed by atoms with Crippen LogP contribution in [0.2, 0.25) is 0 Å². The van der Waals surface area contributed by atoms with Gasteiger partial charge in [-0.2, -0.15) is 0 Å². The summed E-state index contributed by atoms with van der Waals surface area (Å²) < 4.78 is 36.4. The molecule has 126 valence electrons. The molecule has 0 atom stereocenters. The Morgan fingerprint density at radius 1 is 1.17 bits per heavy atom. The minimum Gasteiger partial charge on any atom is -0.331 e. The van der Waals surface area contributed by atoms with Crippen molar-refractivity contribution in [3.8, 4) is 0 Å². The summed E-state index contributed by atoms with van der Waals surface area (Å²) in [4.78, 5) is 14.7. The first kappa shape index (κ1) is 16.6. The van der Waals surface area contributed by atoms with Crippen LogP contribution in [-0.4, -0.2) is 31.5 Å². The van der Waals surface area contributed by atoms with Crippen molar-refractivity contribution in [1.29, 1.82) is 0 Å². The first-order valence-corrected chi connectivity index (χ1v) is 9.59. The number of carbonyl (C=O) groups is 1. The van der Waals surface area contributed by atoms with Crippen molar-refractivity contribution in [2.45, 2.75) is 30.3 Å². The zero-order valence-corrected chi connectivity index (χ0v) is 14.1. The molecular weight excluding hydrogens is 329 g/mol. The van der Waals surface area contributed by atoms with E-state index >= 15 is 0 Å². The second-order valence-electron chi connectivity index (χ2n) is 6.09. The van der Waals surface area contributed by atoms with Crippen molar-refractivity contribution < 1.29 is 17.6 Å². The van der Waals surface area contributed by atoms with Gasteiger partial charge in [0.2, 0.25) is 0 Å². The quantitative estimate of drug-likeness (QED) is 0.835. The summed E-state index contributed by atoms with van der Waals surface area (Å²) >= 11 is 0. The lowest BCUT2D eigenvalue weighted by molar-refractivity contribution is 0.0729. The van der Waals surface area contributed by atoms with E-state index in [2.05, 4.69) is 0 Å². The number of amides is 1. The van der Waals surface area contributed by atoms with E-state index < -0.39 is 9.84 Å². The molecule has 4 nitrogen and oxygen atoms in total. The Morgan fingerprint density at radius 3 is 2.42 bits per heavy atom. The van der Waals surface area contributed by atoms with Crippen molar-refractivity contribution in [2.75, 3.05) is 6.26 Å². The van der Waals surface area contributed by atoms with Crippen LogP contribution < -0.4 is 0 Å². The normalized spacial score (nSPS) is 14.4. The number of hydrogen-bond acceptors (Lipinski definition) is 3. The van der Waals surface area contributed by atoms with E-state index in [1.807, 2.05) is 0 Å². The lowest BCUT2D eigenvalue weighted by atomic mass is 10.1. The molecule has 1 aliphatic carbocycles. The van der Waals surface area contributed by atoms with Gasteiger partial charge in [0.1, 0.15) is 5.82 Å². The summed E-state index contributed by atoms with van der Waals surface area (Å²) in [6.07, 6.45) is 2.98. The smallest absolute Gasteiger partial charge is 0.254 e. The van der Waals surface area contributed by atoms with Crippen LogP contribution in [0.15, 0.2) is 53.4 Å². The molecule has 0 aromatic heterocycles. The Morgan fingerprint density at radius 2 is 1.83 bits per heavy atom. The summed E-state index contributed by atoms with van der Waals surface area (Å²) in [5.74, 6) is -0.517. The molecule has 0 bridgehead atoms. The number of sulfone groups is 1. The van der Waals surface area contributed by atoms with Crippen LogP contribution in [-0.2, 0) is 16.4 Å². The van der Waals surface area contributed by atoms with Gasteiger partial charge in [0.15, 0.2) is 9.84 Å². The number of benzene rings is 2. The van der Waals surface area contributed by atoms with Crippen LogP contribution in [0.3, 0.4) is 0 Å². The van der Waals surface area contributed by atoms with Crippen LogP contribution >= 0.6 is 0 Å². The van der Waals surface area contributed by atoms with Gasteiger partial charge in [-0.3, -0.25) is 4.79 Å². The van der Waals surface area contributed by atoms with Gasteiger partial charge in [-0.1, -0.05) is 18.2 Å². The van der Waals surface area contributed by atoms with Gasteiger partial charge in [-0.15, -0.1) is 0 Å². The fourth-order valence-electron chi connectivity index (χ4n) is 2.57. The molecule has 6 heteroatoms. The topological polar surface area (TPSA) is 54.5 Å². The third kappa shape index (κ3) is 3.82. The van der Waals surface area contributed by atoms with E-state index in [1.165, 1.54) is 24.3 Å². The summed E-state index contributed by atoms with van der Waals surface area (Å²) in [6, 6.07) is 12.3. The number of nitrogens with zero attached hydrogens (tertiary/aromatic N) is 1. The van der Waals surface area contributed by atoms with Crippen LogP contribution in [0, 0.1) is 5.82 Å². The minimum atomic E-state index is -3.37. The van der Waals surface area contributed by atoms with Crippen molar-refractivity contribution >= 4 is 15.7 Å². The zero-order chi connectivity index (χ0) is 17.3. The second-order valence-corrected chi connectivity index (χ2v) is 8.11. The highest BCUT2D eigenvalue weighted by Crippen LogP contribution is 2.30. The molecule has 0 unspecified atom stereocenters. The molecule has 1 fully saturated rings. The summed E-state index contributed by atoms with van der Waals surface area (Å²) in [5.41, 5.74) is 1.20. The lowest BCUT2D eigenvalue weighted by Gasteiger charge is -2.23. The van der Waals surface area contributed by atoms with Crippen molar-refractivity contribution in [3.05, 3.63) is 65.5 Å². The molecule has 0 heterocycles. The number of rotatable bonds is 5. The third-order valence-corrected chi connectivity index (χ3v) is 5.13. The highest BCUT2D eigenvalue weighted by atomic mass is 32.2. The molecule has 3 rings (SSSR count). The Bertz CT molecular complexity index is 858. The lowest BCUT2D eigenvalue weighted by Crippen LogP contribution is -2.32. The maximum atomic E-state index is 13.0. The van der Waals surface area contributed by atoms with Gasteiger partial charge in [-0.25, -0.2) is 12.8 Å². The molecule has 1 aliphatic rings. The predicted molar refractivity (Wildman–Crippen MR) is 88.8 cm³/mol. The van der Waals surface area contributed by atoms with Crippen LogP contribution in [0.5, 0.6) is 0 Å². The van der Waals surface area contributed by atoms with Crippen molar-refractivity contribution in [3.63, 3.8) is 0 Å². The van der Waals surface area contributed by atoms with E-state index in [0.29, 0.717) is 12.1 Å². The molecule has 1 saturated carbocycles. The predicted octanol–water partition coefficient (Wildman–Crippen LogP) is 3.03. The molecule has 0 radical (unpaired) electrons. The van der Waals surface area contributed by atoms with E-state index in [4.69, 9.17) is 0 Å². The average Bonchev–Trinajstić information content (AvgIpc) is 3.38. The summed E-state index contributed by atoms with van der Waals surface area (Å²) in [5, 5.41) is 0. The molecule has 0 saturated heterocycles. The molecule has 2 aromatic rings. The molecule has 0 spiro atoms. The SMILES string of the molecule is CS(=O)(=O)c1cccc(C(=O)N(Cc2ccc(F)cc2)C2CC2)c1. The van der Waals surface area contributed by atoms with E-state index in [9.17, 15) is 17.6 Å². The van der Waals surface area contributed by atoms with Gasteiger partial charge in [0.25, 0.3) is 5.91 Å². The van der Waals surface area contributed by atoms with Gasteiger partial charge in [0.05, 0.1) is 4.90 Å². The standard InChI is InChI=1S/C18H18FNO3S/c1-24(22,23)17-4-2-3-14(11-17)18(21)20(16-9-10-16)12-13-5-7-15(19)8-6-13/h2-8,11,16H,9-10,12H2,1H3. The molecule has 24 heavy (non-hydrogen) atoms. The van der Waals surface area contributed by atoms with E-state index in [-0.39, 0.29) is 22.7 Å². The average molecular weight is 347 g/mol. The van der Waals surface area contributed by atoms with E-state index in [1.54, 1.807) is 29.2 Å². The maximum absolute atomic E-state index is 13.0. The molecule has 1 amide bonds. The third-order valence-electron chi connectivity index (χ3n) is 4.02. The minimum absolute atomic E-state index is 0.130. The summed E-state index contributed by atoms with van der Waals surface area (Å²) in [7, 11) is -3.37. The molecule has 2 aromatic carbocycles. The Kier molecular flexibility index (Phi) is 4.41. The first-order chi connectivity index (χ1) is 11.3. The number of halogens is 1.